The monoisotopic (exact) mass is 382 g/mol. The Kier molecular flexibility index (Phi) is 4.54. The van der Waals surface area contributed by atoms with Crippen molar-refractivity contribution in [1.82, 2.24) is 0 Å². The Morgan fingerprint density at radius 1 is 1.28 bits per heavy atom. The van der Waals surface area contributed by atoms with E-state index in [2.05, 4.69) is 5.32 Å². The third-order valence-corrected chi connectivity index (χ3v) is 4.48. The topological polar surface area (TPSA) is 114 Å². The van der Waals surface area contributed by atoms with E-state index >= 15 is 0 Å². The second kappa shape index (κ2) is 6.38. The number of aliphatic hydroxyl groups is 1. The van der Waals surface area contributed by atoms with Gasteiger partial charge in [0.2, 0.25) is 0 Å². The summed E-state index contributed by atoms with van der Waals surface area (Å²) >= 11 is 11.9. The highest BCUT2D eigenvalue weighted by Crippen LogP contribution is 2.44. The van der Waals surface area contributed by atoms with Crippen LogP contribution < -0.4 is 10.5 Å². The van der Waals surface area contributed by atoms with Gasteiger partial charge < -0.3 is 15.6 Å². The summed E-state index contributed by atoms with van der Waals surface area (Å²) in [6.45, 7) is 0. The van der Waals surface area contributed by atoms with Gasteiger partial charge in [-0.1, -0.05) is 35.3 Å². The first-order valence-corrected chi connectivity index (χ1v) is 7.88. The van der Waals surface area contributed by atoms with Crippen molar-refractivity contribution < 1.29 is 25.1 Å². The molecule has 1 heterocycles. The Morgan fingerprint density at radius 2 is 2.00 bits per heavy atom. The van der Waals surface area contributed by atoms with Gasteiger partial charge >= 0.3 is 0 Å². The normalized spacial score (nSPS) is 20.1. The van der Waals surface area contributed by atoms with Crippen LogP contribution in [0.25, 0.3) is 0 Å². The van der Waals surface area contributed by atoms with Gasteiger partial charge in [0.25, 0.3) is 5.91 Å². The molecule has 0 saturated carbocycles. The van der Waals surface area contributed by atoms with Crippen molar-refractivity contribution in [3.63, 3.8) is 0 Å². The molecule has 0 saturated heterocycles. The maximum atomic E-state index is 12.5. The highest BCUT2D eigenvalue weighted by molar-refractivity contribution is 6.37. The van der Waals surface area contributed by atoms with Crippen molar-refractivity contribution >= 4 is 46.3 Å². The second-order valence-electron chi connectivity index (χ2n) is 5.61. The van der Waals surface area contributed by atoms with Gasteiger partial charge in [0, 0.05) is 28.3 Å². The average Bonchev–Trinajstić information content (AvgIpc) is 2.80. The number of nitrogens with one attached hydrogen (secondary N) is 2. The van der Waals surface area contributed by atoms with E-state index in [-0.39, 0.29) is 32.5 Å². The zero-order valence-corrected chi connectivity index (χ0v) is 14.1. The van der Waals surface area contributed by atoms with Crippen LogP contribution in [0.3, 0.4) is 0 Å². The van der Waals surface area contributed by atoms with Crippen molar-refractivity contribution in [2.75, 3.05) is 5.32 Å². The highest BCUT2D eigenvalue weighted by Gasteiger charge is 2.47. The molecule has 4 N–H and O–H groups in total. The molecule has 3 rings (SSSR count). The van der Waals surface area contributed by atoms with Crippen LogP contribution in [0, 0.1) is 5.21 Å². The van der Waals surface area contributed by atoms with Gasteiger partial charge in [-0.2, -0.15) is 5.23 Å². The Bertz CT molecular complexity index is 887. The van der Waals surface area contributed by atoms with E-state index in [1.54, 1.807) is 0 Å². The predicted molar refractivity (Wildman–Crippen MR) is 90.2 cm³/mol. The van der Waals surface area contributed by atoms with Gasteiger partial charge in [-0.25, -0.2) is 5.21 Å². The largest absolute Gasteiger partial charge is 0.595 e. The molecule has 1 aliphatic heterocycles. The van der Waals surface area contributed by atoms with Crippen LogP contribution >= 0.6 is 23.2 Å². The Balaban J connectivity index is 1.97. The molecular weight excluding hydrogens is 371 g/mol. The second-order valence-corrected chi connectivity index (χ2v) is 6.45. The molecule has 0 spiro atoms. The zero-order chi connectivity index (χ0) is 18.4. The molecule has 1 aliphatic rings. The number of hydrogen-bond acceptors (Lipinski definition) is 5. The number of halogens is 2. The lowest BCUT2D eigenvalue weighted by Crippen LogP contribution is -2.99. The minimum atomic E-state index is -2.14. The summed E-state index contributed by atoms with van der Waals surface area (Å²) in [5, 5.41) is 32.4. The number of fused-ring (bicyclic) bond motifs is 1. The molecular formula is C16H12Cl2N2O5. The zero-order valence-electron chi connectivity index (χ0n) is 12.5. The van der Waals surface area contributed by atoms with Crippen LogP contribution in [0.4, 0.5) is 11.4 Å². The summed E-state index contributed by atoms with van der Waals surface area (Å²) in [6, 6.07) is 8.12. The van der Waals surface area contributed by atoms with E-state index in [9.17, 15) is 19.9 Å². The fourth-order valence-corrected chi connectivity index (χ4v) is 3.24. The van der Waals surface area contributed by atoms with Crippen molar-refractivity contribution in [3.8, 4) is 0 Å². The minimum Gasteiger partial charge on any atom is -0.595 e. The van der Waals surface area contributed by atoms with E-state index < -0.39 is 28.9 Å². The number of carbonyl (C=O) groups excluding carboxylic acids is 2. The third-order valence-electron chi connectivity index (χ3n) is 3.96. The van der Waals surface area contributed by atoms with Gasteiger partial charge in [-0.05, 0) is 12.1 Å². The molecule has 25 heavy (non-hydrogen) atoms. The van der Waals surface area contributed by atoms with Crippen LogP contribution in [0.5, 0.6) is 0 Å². The van der Waals surface area contributed by atoms with Crippen molar-refractivity contribution in [1.29, 1.82) is 0 Å². The number of ketones is 1. The summed E-state index contributed by atoms with van der Waals surface area (Å²) in [5.41, 5.74) is -1.83. The van der Waals surface area contributed by atoms with Crippen molar-refractivity contribution in [2.24, 2.45) is 0 Å². The van der Waals surface area contributed by atoms with E-state index in [4.69, 9.17) is 28.4 Å². The fraction of sp³-hybridized carbons (Fsp3) is 0.125. The first kappa shape index (κ1) is 17.8. The third kappa shape index (κ3) is 3.13. The summed E-state index contributed by atoms with van der Waals surface area (Å²) in [4.78, 5) is 24.8. The Hall–Kier alpha value is -2.00. The van der Waals surface area contributed by atoms with Gasteiger partial charge in [-0.3, -0.25) is 9.59 Å². The van der Waals surface area contributed by atoms with Crippen molar-refractivity contribution in [3.05, 3.63) is 62.8 Å². The summed E-state index contributed by atoms with van der Waals surface area (Å²) in [5.74, 6) is -1.39. The van der Waals surface area contributed by atoms with Crippen LogP contribution in [-0.4, -0.2) is 22.0 Å². The van der Waals surface area contributed by atoms with E-state index in [1.165, 1.54) is 36.4 Å². The number of amides is 1. The Labute approximate surface area is 151 Å². The lowest BCUT2D eigenvalue weighted by molar-refractivity contribution is -0.991. The molecule has 2 aromatic rings. The van der Waals surface area contributed by atoms with Gasteiger partial charge in [0.1, 0.15) is 0 Å². The van der Waals surface area contributed by atoms with E-state index in [0.717, 1.165) is 0 Å². The van der Waals surface area contributed by atoms with Gasteiger partial charge in [0.15, 0.2) is 17.1 Å². The van der Waals surface area contributed by atoms with Crippen LogP contribution in [0.15, 0.2) is 36.4 Å². The maximum Gasteiger partial charge on any atom is 0.261 e. The van der Waals surface area contributed by atoms with Crippen LogP contribution in [-0.2, 0) is 10.4 Å². The highest BCUT2D eigenvalue weighted by atomic mass is 35.5. The van der Waals surface area contributed by atoms with Crippen molar-refractivity contribution in [2.45, 2.75) is 12.0 Å². The summed E-state index contributed by atoms with van der Waals surface area (Å²) < 4.78 is 0. The lowest BCUT2D eigenvalue weighted by atomic mass is 9.88. The van der Waals surface area contributed by atoms with Crippen LogP contribution in [0.1, 0.15) is 22.3 Å². The number of rotatable bonds is 4. The molecule has 0 radical (unpaired) electrons. The van der Waals surface area contributed by atoms with Crippen LogP contribution in [0.2, 0.25) is 10.0 Å². The lowest BCUT2D eigenvalue weighted by Gasteiger charge is -2.20. The molecule has 1 amide bonds. The number of hydrogen-bond donors (Lipinski definition) is 4. The number of carbonyl (C=O) groups is 2. The molecule has 0 bridgehead atoms. The number of quaternary nitrogens is 1. The molecule has 0 aliphatic carbocycles. The standard InChI is InChI=1S/C16H12Cl2N2O5/c17-9-5-11-14(12(18)6-9)19-15(22)16(11,23)7-13(21)8-2-1-3-10(4-8)20(24)25/h1-6,20,23-24H,7H2,(H,19,22). The summed E-state index contributed by atoms with van der Waals surface area (Å²) in [6.07, 6.45) is -0.578. The minimum absolute atomic E-state index is 0.0693. The maximum absolute atomic E-state index is 12.5. The molecule has 0 fully saturated rings. The average molecular weight is 383 g/mol. The van der Waals surface area contributed by atoms with Gasteiger partial charge in [0.05, 0.1) is 17.1 Å². The molecule has 2 atom stereocenters. The first-order chi connectivity index (χ1) is 11.7. The quantitative estimate of drug-likeness (QED) is 0.475. The summed E-state index contributed by atoms with van der Waals surface area (Å²) in [7, 11) is 0. The first-order valence-electron chi connectivity index (χ1n) is 7.12. The van der Waals surface area contributed by atoms with E-state index in [1.807, 2.05) is 0 Å². The molecule has 9 heteroatoms. The number of benzene rings is 2. The molecule has 0 aromatic heterocycles. The predicted octanol–water partition coefficient (Wildman–Crippen LogP) is 1.81. The van der Waals surface area contributed by atoms with E-state index in [0.29, 0.717) is 0 Å². The Morgan fingerprint density at radius 3 is 2.68 bits per heavy atom. The SMILES string of the molecule is O=C(CC1(O)C(=O)Nc2c(Cl)cc(Cl)cc21)c1cccc([NH+]([O-])O)c1. The smallest absolute Gasteiger partial charge is 0.261 e. The number of Topliss-reactive ketones (excluding diaryl/α,β-unsaturated/α-hetero) is 1. The van der Waals surface area contributed by atoms with Gasteiger partial charge in [-0.15, -0.1) is 0 Å². The molecule has 2 aromatic carbocycles. The number of anilines is 1. The molecule has 130 valence electrons. The fourth-order valence-electron chi connectivity index (χ4n) is 2.70. The molecule has 7 nitrogen and oxygen atoms in total. The molecule has 2 unspecified atom stereocenters.